The zero-order chi connectivity index (χ0) is 14.8. The van der Waals surface area contributed by atoms with Crippen molar-refractivity contribution in [1.29, 1.82) is 0 Å². The fraction of sp³-hybridized carbons (Fsp3) is 0.643. The van der Waals surface area contributed by atoms with Gasteiger partial charge in [-0.3, -0.25) is 0 Å². The number of pyridine rings is 1. The molecule has 0 atom stereocenters. The van der Waals surface area contributed by atoms with Gasteiger partial charge in [-0.2, -0.15) is 0 Å². The van der Waals surface area contributed by atoms with Gasteiger partial charge in [0.25, 0.3) is 0 Å². The van der Waals surface area contributed by atoms with E-state index in [2.05, 4.69) is 10.3 Å². The lowest BCUT2D eigenvalue weighted by molar-refractivity contribution is 0.00578. The van der Waals surface area contributed by atoms with Crippen LogP contribution in [-0.4, -0.2) is 43.6 Å². The highest BCUT2D eigenvalue weighted by Gasteiger charge is 2.51. The van der Waals surface area contributed by atoms with Crippen molar-refractivity contribution in [2.24, 2.45) is 0 Å². The normalized spacial score (nSPS) is 20.1. The van der Waals surface area contributed by atoms with Gasteiger partial charge in [0.1, 0.15) is 5.82 Å². The first-order valence-electron chi connectivity index (χ1n) is 6.90. The summed E-state index contributed by atoms with van der Waals surface area (Å²) in [7, 11) is 1.32. The van der Waals surface area contributed by atoms with Crippen LogP contribution in [0.5, 0.6) is 0 Å². The van der Waals surface area contributed by atoms with Crippen LogP contribution in [-0.2, 0) is 14.0 Å². The number of hydrogen-bond acceptors (Lipinski definition) is 5. The molecule has 1 aliphatic rings. The van der Waals surface area contributed by atoms with Crippen molar-refractivity contribution in [1.82, 2.24) is 4.98 Å². The smallest absolute Gasteiger partial charge is 0.399 e. The third-order valence-electron chi connectivity index (χ3n) is 3.92. The van der Waals surface area contributed by atoms with Crippen LogP contribution in [0.3, 0.4) is 0 Å². The van der Waals surface area contributed by atoms with E-state index in [1.54, 1.807) is 13.3 Å². The summed E-state index contributed by atoms with van der Waals surface area (Å²) in [4.78, 5) is 4.36. The first-order valence-corrected chi connectivity index (χ1v) is 6.90. The number of nitrogens with zero attached hydrogens (tertiary/aromatic N) is 1. The Morgan fingerprint density at radius 2 is 1.85 bits per heavy atom. The Kier molecular flexibility index (Phi) is 4.37. The van der Waals surface area contributed by atoms with Gasteiger partial charge in [0, 0.05) is 25.3 Å². The fourth-order valence-electron chi connectivity index (χ4n) is 1.91. The number of rotatable bonds is 5. The highest BCUT2D eigenvalue weighted by Crippen LogP contribution is 2.36. The molecule has 2 rings (SSSR count). The maximum atomic E-state index is 5.99. The van der Waals surface area contributed by atoms with E-state index in [9.17, 15) is 0 Å². The van der Waals surface area contributed by atoms with Crippen molar-refractivity contribution in [2.75, 3.05) is 25.6 Å². The van der Waals surface area contributed by atoms with E-state index in [4.69, 9.17) is 14.0 Å². The van der Waals surface area contributed by atoms with Gasteiger partial charge in [-0.15, -0.1) is 0 Å². The second-order valence-corrected chi connectivity index (χ2v) is 5.98. The first kappa shape index (κ1) is 15.3. The Morgan fingerprint density at radius 1 is 1.20 bits per heavy atom. The highest BCUT2D eigenvalue weighted by atomic mass is 16.7. The molecule has 0 aliphatic carbocycles. The molecule has 110 valence electrons. The molecule has 6 heteroatoms. The van der Waals surface area contributed by atoms with Crippen LogP contribution in [0.15, 0.2) is 18.3 Å². The SMILES string of the molecule is COCCNc1ccc(B2OC(C)(C)C(C)(C)O2)cn1. The topological polar surface area (TPSA) is 52.6 Å². The van der Waals surface area contributed by atoms with Gasteiger partial charge >= 0.3 is 7.12 Å². The standard InChI is InChI=1S/C14H23BN2O3/c1-13(2)14(3,4)20-15(19-13)11-6-7-12(17-10-11)16-8-9-18-5/h6-7,10H,8-9H2,1-5H3,(H,16,17). The van der Waals surface area contributed by atoms with Crippen LogP contribution in [0.1, 0.15) is 27.7 Å². The molecular weight excluding hydrogens is 255 g/mol. The summed E-state index contributed by atoms with van der Waals surface area (Å²) < 4.78 is 17.0. The van der Waals surface area contributed by atoms with Gasteiger partial charge in [0.15, 0.2) is 0 Å². The second-order valence-electron chi connectivity index (χ2n) is 5.98. The number of hydrogen-bond donors (Lipinski definition) is 1. The summed E-state index contributed by atoms with van der Waals surface area (Å²) in [5.41, 5.74) is 0.279. The van der Waals surface area contributed by atoms with Crippen LogP contribution in [0, 0.1) is 0 Å². The van der Waals surface area contributed by atoms with Crippen LogP contribution in [0.2, 0.25) is 0 Å². The maximum absolute atomic E-state index is 5.99. The summed E-state index contributed by atoms with van der Waals surface area (Å²) in [6, 6.07) is 3.90. The van der Waals surface area contributed by atoms with Gasteiger partial charge in [-0.25, -0.2) is 4.98 Å². The molecular formula is C14H23BN2O3. The van der Waals surface area contributed by atoms with E-state index < -0.39 is 0 Å². The summed E-state index contributed by atoms with van der Waals surface area (Å²) in [6.07, 6.45) is 1.79. The molecule has 0 unspecified atom stereocenters. The lowest BCUT2D eigenvalue weighted by Crippen LogP contribution is -2.41. The molecule has 1 N–H and O–H groups in total. The van der Waals surface area contributed by atoms with Gasteiger partial charge < -0.3 is 19.4 Å². The number of anilines is 1. The molecule has 0 saturated carbocycles. The van der Waals surface area contributed by atoms with Crippen molar-refractivity contribution >= 4 is 18.4 Å². The maximum Gasteiger partial charge on any atom is 0.496 e. The summed E-state index contributed by atoms with van der Waals surface area (Å²) in [5, 5.41) is 3.18. The van der Waals surface area contributed by atoms with Crippen molar-refractivity contribution in [2.45, 2.75) is 38.9 Å². The minimum atomic E-state index is -0.361. The minimum absolute atomic E-state index is 0.326. The van der Waals surface area contributed by atoms with E-state index in [0.717, 1.165) is 17.8 Å². The Balaban J connectivity index is 2.01. The largest absolute Gasteiger partial charge is 0.496 e. The molecule has 1 aromatic rings. The van der Waals surface area contributed by atoms with Crippen molar-refractivity contribution in [3.8, 4) is 0 Å². The Labute approximate surface area is 121 Å². The molecule has 0 amide bonds. The molecule has 1 aliphatic heterocycles. The molecule has 0 spiro atoms. The highest BCUT2D eigenvalue weighted by molar-refractivity contribution is 6.62. The van der Waals surface area contributed by atoms with Crippen LogP contribution in [0.25, 0.3) is 0 Å². The van der Waals surface area contributed by atoms with Gasteiger partial charge in [-0.1, -0.05) is 6.07 Å². The van der Waals surface area contributed by atoms with E-state index in [1.165, 1.54) is 0 Å². The number of ether oxygens (including phenoxy) is 1. The molecule has 0 bridgehead atoms. The minimum Gasteiger partial charge on any atom is -0.399 e. The van der Waals surface area contributed by atoms with Crippen molar-refractivity contribution < 1.29 is 14.0 Å². The number of aromatic nitrogens is 1. The number of methoxy groups -OCH3 is 1. The van der Waals surface area contributed by atoms with E-state index in [1.807, 2.05) is 39.8 Å². The third kappa shape index (κ3) is 3.14. The molecule has 2 heterocycles. The summed E-state index contributed by atoms with van der Waals surface area (Å²) in [5.74, 6) is 0.822. The quantitative estimate of drug-likeness (QED) is 0.652. The van der Waals surface area contributed by atoms with Gasteiger partial charge in [0.2, 0.25) is 0 Å². The van der Waals surface area contributed by atoms with Gasteiger partial charge in [-0.05, 0) is 33.8 Å². The Morgan fingerprint density at radius 3 is 2.35 bits per heavy atom. The van der Waals surface area contributed by atoms with E-state index in [-0.39, 0.29) is 18.3 Å². The summed E-state index contributed by atoms with van der Waals surface area (Å²) in [6.45, 7) is 9.56. The predicted octanol–water partition coefficient (Wildman–Crippen LogP) is 1.44. The first-order chi connectivity index (χ1) is 9.36. The average molecular weight is 278 g/mol. The lowest BCUT2D eigenvalue weighted by atomic mass is 9.80. The molecule has 1 fully saturated rings. The van der Waals surface area contributed by atoms with Gasteiger partial charge in [0.05, 0.1) is 17.8 Å². The molecule has 0 radical (unpaired) electrons. The average Bonchev–Trinajstić information content (AvgIpc) is 2.60. The van der Waals surface area contributed by atoms with Crippen LogP contribution < -0.4 is 10.8 Å². The molecule has 1 saturated heterocycles. The van der Waals surface area contributed by atoms with Crippen molar-refractivity contribution in [3.05, 3.63) is 18.3 Å². The Hall–Kier alpha value is -1.11. The van der Waals surface area contributed by atoms with E-state index in [0.29, 0.717) is 6.61 Å². The molecule has 20 heavy (non-hydrogen) atoms. The number of nitrogens with one attached hydrogen (secondary N) is 1. The lowest BCUT2D eigenvalue weighted by Gasteiger charge is -2.32. The third-order valence-corrected chi connectivity index (χ3v) is 3.92. The van der Waals surface area contributed by atoms with Crippen LogP contribution >= 0.6 is 0 Å². The molecule has 5 nitrogen and oxygen atoms in total. The monoisotopic (exact) mass is 278 g/mol. The zero-order valence-electron chi connectivity index (χ0n) is 12.9. The predicted molar refractivity (Wildman–Crippen MR) is 80.3 cm³/mol. The molecule has 0 aromatic carbocycles. The Bertz CT molecular complexity index is 432. The fourth-order valence-corrected chi connectivity index (χ4v) is 1.91. The van der Waals surface area contributed by atoms with Crippen LogP contribution in [0.4, 0.5) is 5.82 Å². The molecule has 1 aromatic heterocycles. The summed E-state index contributed by atoms with van der Waals surface area (Å²) >= 11 is 0. The second kappa shape index (κ2) is 5.72. The van der Waals surface area contributed by atoms with E-state index >= 15 is 0 Å². The zero-order valence-corrected chi connectivity index (χ0v) is 12.9. The van der Waals surface area contributed by atoms with Crippen molar-refractivity contribution in [3.63, 3.8) is 0 Å².